The van der Waals surface area contributed by atoms with Crippen LogP contribution in [0.2, 0.25) is 0 Å². The zero-order valence-corrected chi connectivity index (χ0v) is 16.8. The quantitative estimate of drug-likeness (QED) is 0.568. The molecule has 1 amide bonds. The van der Waals surface area contributed by atoms with E-state index >= 15 is 0 Å². The number of amides is 1. The van der Waals surface area contributed by atoms with Gasteiger partial charge in [0.15, 0.2) is 0 Å². The Morgan fingerprint density at radius 2 is 1.76 bits per heavy atom. The minimum absolute atomic E-state index is 0.143. The van der Waals surface area contributed by atoms with Gasteiger partial charge < -0.3 is 10.2 Å². The van der Waals surface area contributed by atoms with E-state index in [4.69, 9.17) is 0 Å². The van der Waals surface area contributed by atoms with Crippen molar-refractivity contribution in [1.29, 1.82) is 0 Å². The summed E-state index contributed by atoms with van der Waals surface area (Å²) in [5, 5.41) is 13.5. The predicted octanol–water partition coefficient (Wildman–Crippen LogP) is 2.17. The van der Waals surface area contributed by atoms with Gasteiger partial charge in [0, 0.05) is 49.6 Å². The van der Waals surface area contributed by atoms with Crippen molar-refractivity contribution < 1.29 is 18.1 Å². The first-order valence-corrected chi connectivity index (χ1v) is 10.6. The number of hydrogen-bond acceptors (Lipinski definition) is 6. The molecule has 9 nitrogen and oxygen atoms in total. The summed E-state index contributed by atoms with van der Waals surface area (Å²) < 4.78 is 27.1. The number of sulfonamides is 1. The zero-order valence-electron chi connectivity index (χ0n) is 15.9. The lowest BCUT2D eigenvalue weighted by atomic mass is 10.2. The van der Waals surface area contributed by atoms with Crippen LogP contribution in [0.4, 0.5) is 11.4 Å². The lowest BCUT2D eigenvalue weighted by Crippen LogP contribution is -2.48. The van der Waals surface area contributed by atoms with Crippen molar-refractivity contribution in [3.8, 4) is 0 Å². The minimum Gasteiger partial charge on any atom is -0.322 e. The van der Waals surface area contributed by atoms with Gasteiger partial charge in [-0.25, -0.2) is 8.42 Å². The third kappa shape index (κ3) is 4.78. The summed E-state index contributed by atoms with van der Waals surface area (Å²) >= 11 is 0. The van der Waals surface area contributed by atoms with Crippen molar-refractivity contribution >= 4 is 27.3 Å². The number of nitro benzene ring substituents is 1. The molecule has 0 atom stereocenters. The smallest absolute Gasteiger partial charge is 0.270 e. The van der Waals surface area contributed by atoms with E-state index in [9.17, 15) is 23.3 Å². The second-order valence-corrected chi connectivity index (χ2v) is 8.56. The van der Waals surface area contributed by atoms with Gasteiger partial charge in [-0.05, 0) is 36.9 Å². The molecule has 0 saturated carbocycles. The number of nitrogens with zero attached hydrogens (tertiary/aromatic N) is 3. The average molecular weight is 418 g/mol. The standard InChI is InChI=1S/C19H22N4O5S/c1-2-21-10-12-22(13-11-21)29(27,28)18-8-6-16(7-9-18)20-19(24)15-4-3-5-17(14-15)23(25)26/h3-9,14H,2,10-13H2,1H3,(H,20,24). The van der Waals surface area contributed by atoms with Crippen LogP contribution in [0.25, 0.3) is 0 Å². The van der Waals surface area contributed by atoms with Crippen LogP contribution in [0.1, 0.15) is 17.3 Å². The molecule has 1 heterocycles. The summed E-state index contributed by atoms with van der Waals surface area (Å²) in [6, 6.07) is 11.3. The van der Waals surface area contributed by atoms with E-state index < -0.39 is 20.9 Å². The molecule has 0 radical (unpaired) electrons. The zero-order chi connectivity index (χ0) is 21.0. The maximum Gasteiger partial charge on any atom is 0.270 e. The monoisotopic (exact) mass is 418 g/mol. The van der Waals surface area contributed by atoms with E-state index in [1.54, 1.807) is 0 Å². The fraction of sp³-hybridized carbons (Fsp3) is 0.316. The minimum atomic E-state index is -3.59. The SMILES string of the molecule is CCN1CCN(S(=O)(=O)c2ccc(NC(=O)c3cccc([N+](=O)[O-])c3)cc2)CC1. The van der Waals surface area contributed by atoms with Crippen LogP contribution in [0.5, 0.6) is 0 Å². The number of non-ortho nitro benzene ring substituents is 1. The number of carbonyl (C=O) groups excluding carboxylic acids is 1. The molecular formula is C19H22N4O5S. The van der Waals surface area contributed by atoms with Gasteiger partial charge >= 0.3 is 0 Å². The summed E-state index contributed by atoms with van der Waals surface area (Å²) in [5.41, 5.74) is 0.364. The molecule has 1 saturated heterocycles. The van der Waals surface area contributed by atoms with Crippen molar-refractivity contribution in [2.75, 3.05) is 38.0 Å². The van der Waals surface area contributed by atoms with E-state index in [-0.39, 0.29) is 16.1 Å². The molecule has 29 heavy (non-hydrogen) atoms. The molecular weight excluding hydrogens is 396 g/mol. The molecule has 10 heteroatoms. The highest BCUT2D eigenvalue weighted by Gasteiger charge is 2.27. The summed E-state index contributed by atoms with van der Waals surface area (Å²) in [4.78, 5) is 24.9. The Labute approximate surface area is 169 Å². The first kappa shape index (κ1) is 20.9. The highest BCUT2D eigenvalue weighted by atomic mass is 32.2. The highest BCUT2D eigenvalue weighted by molar-refractivity contribution is 7.89. The van der Waals surface area contributed by atoms with E-state index in [1.807, 2.05) is 6.92 Å². The molecule has 0 aromatic heterocycles. The molecule has 0 aliphatic carbocycles. The van der Waals surface area contributed by atoms with Gasteiger partial charge in [-0.1, -0.05) is 13.0 Å². The fourth-order valence-electron chi connectivity index (χ4n) is 3.11. The van der Waals surface area contributed by atoms with Gasteiger partial charge in [-0.15, -0.1) is 0 Å². The van der Waals surface area contributed by atoms with Crippen molar-refractivity contribution in [2.45, 2.75) is 11.8 Å². The molecule has 1 aliphatic rings. The number of nitro groups is 1. The van der Waals surface area contributed by atoms with Crippen molar-refractivity contribution in [2.24, 2.45) is 0 Å². The molecule has 2 aromatic carbocycles. The van der Waals surface area contributed by atoms with E-state index in [1.165, 1.54) is 52.8 Å². The number of likely N-dealkylation sites (N-methyl/N-ethyl adjacent to an activating group) is 1. The van der Waals surface area contributed by atoms with E-state index in [0.29, 0.717) is 31.9 Å². The number of benzene rings is 2. The maximum absolute atomic E-state index is 12.8. The van der Waals surface area contributed by atoms with Crippen LogP contribution in [-0.2, 0) is 10.0 Å². The first-order chi connectivity index (χ1) is 13.8. The summed E-state index contributed by atoms with van der Waals surface area (Å²) in [7, 11) is -3.59. The Bertz CT molecular complexity index is 1000. The predicted molar refractivity (Wildman–Crippen MR) is 108 cm³/mol. The maximum atomic E-state index is 12.8. The van der Waals surface area contributed by atoms with Crippen molar-refractivity contribution in [1.82, 2.24) is 9.21 Å². The van der Waals surface area contributed by atoms with Crippen molar-refractivity contribution in [3.63, 3.8) is 0 Å². The third-order valence-corrected chi connectivity index (χ3v) is 6.76. The Morgan fingerprint density at radius 1 is 1.10 bits per heavy atom. The van der Waals surface area contributed by atoms with Crippen LogP contribution in [0.15, 0.2) is 53.4 Å². The topological polar surface area (TPSA) is 113 Å². The van der Waals surface area contributed by atoms with Gasteiger partial charge in [-0.3, -0.25) is 14.9 Å². The third-order valence-electron chi connectivity index (χ3n) is 4.85. The molecule has 0 spiro atoms. The average Bonchev–Trinajstić information content (AvgIpc) is 2.74. The number of nitrogens with one attached hydrogen (secondary N) is 1. The molecule has 154 valence electrons. The van der Waals surface area contributed by atoms with Crippen LogP contribution in [-0.4, -0.2) is 61.2 Å². The van der Waals surface area contributed by atoms with E-state index in [0.717, 1.165) is 6.54 Å². The molecule has 2 aromatic rings. The number of carbonyl (C=O) groups is 1. The van der Waals surface area contributed by atoms with Crippen LogP contribution in [0, 0.1) is 10.1 Å². The Hall–Kier alpha value is -2.82. The summed E-state index contributed by atoms with van der Waals surface area (Å²) in [6.07, 6.45) is 0. The van der Waals surface area contributed by atoms with E-state index in [2.05, 4.69) is 10.2 Å². The highest BCUT2D eigenvalue weighted by Crippen LogP contribution is 2.21. The van der Waals surface area contributed by atoms with Gasteiger partial charge in [0.05, 0.1) is 9.82 Å². The molecule has 1 N–H and O–H groups in total. The summed E-state index contributed by atoms with van der Waals surface area (Å²) in [6.45, 7) is 5.24. The first-order valence-electron chi connectivity index (χ1n) is 9.19. The van der Waals surface area contributed by atoms with Gasteiger partial charge in [0.2, 0.25) is 10.0 Å². The summed E-state index contributed by atoms with van der Waals surface area (Å²) in [5.74, 6) is -0.514. The second-order valence-electron chi connectivity index (χ2n) is 6.62. The molecule has 3 rings (SSSR count). The van der Waals surface area contributed by atoms with Crippen LogP contribution < -0.4 is 5.32 Å². The molecule has 1 aliphatic heterocycles. The Morgan fingerprint density at radius 3 is 2.34 bits per heavy atom. The van der Waals surface area contributed by atoms with Gasteiger partial charge in [-0.2, -0.15) is 4.31 Å². The largest absolute Gasteiger partial charge is 0.322 e. The number of anilines is 1. The Kier molecular flexibility index (Phi) is 6.26. The second kappa shape index (κ2) is 8.68. The molecule has 0 bridgehead atoms. The number of rotatable bonds is 6. The van der Waals surface area contributed by atoms with Gasteiger partial charge in [0.25, 0.3) is 11.6 Å². The van der Waals surface area contributed by atoms with Crippen molar-refractivity contribution in [3.05, 3.63) is 64.2 Å². The lowest BCUT2D eigenvalue weighted by Gasteiger charge is -2.33. The fourth-order valence-corrected chi connectivity index (χ4v) is 4.53. The van der Waals surface area contributed by atoms with Crippen LogP contribution in [0.3, 0.4) is 0 Å². The normalized spacial score (nSPS) is 15.8. The number of hydrogen-bond donors (Lipinski definition) is 1. The number of piperazine rings is 1. The Balaban J connectivity index is 1.69. The van der Waals surface area contributed by atoms with Gasteiger partial charge in [0.1, 0.15) is 0 Å². The molecule has 0 unspecified atom stereocenters. The molecule has 1 fully saturated rings. The lowest BCUT2D eigenvalue weighted by molar-refractivity contribution is -0.384. The van der Waals surface area contributed by atoms with Crippen LogP contribution >= 0.6 is 0 Å².